The minimum Gasteiger partial charge on any atom is -0.294 e. The predicted molar refractivity (Wildman–Crippen MR) is 95.5 cm³/mol. The fraction of sp³-hybridized carbons (Fsp3) is 0.316. The van der Waals surface area contributed by atoms with E-state index in [1.165, 1.54) is 23.0 Å². The van der Waals surface area contributed by atoms with Gasteiger partial charge in [0.05, 0.1) is 11.9 Å². The normalized spacial score (nSPS) is 16.8. The maximum absolute atomic E-state index is 13.2. The van der Waals surface area contributed by atoms with Crippen molar-refractivity contribution >= 4 is 22.6 Å². The van der Waals surface area contributed by atoms with Gasteiger partial charge in [0.1, 0.15) is 12.1 Å². The monoisotopic (exact) mass is 357 g/mol. The molecule has 4 rings (SSSR count). The number of aryl methyl sites for hydroxylation is 1. The first-order valence-electron chi connectivity index (χ1n) is 8.33. The van der Waals surface area contributed by atoms with Gasteiger partial charge in [-0.3, -0.25) is 9.36 Å². The summed E-state index contributed by atoms with van der Waals surface area (Å²) in [4.78, 5) is 21.8. The Morgan fingerprint density at radius 3 is 3.00 bits per heavy atom. The van der Waals surface area contributed by atoms with Crippen molar-refractivity contribution in [2.24, 2.45) is 5.92 Å². The molecule has 0 saturated heterocycles. The number of halogens is 2. The van der Waals surface area contributed by atoms with Crippen LogP contribution in [0.1, 0.15) is 30.2 Å². The molecule has 4 nitrogen and oxygen atoms in total. The fourth-order valence-corrected chi connectivity index (χ4v) is 3.60. The molecule has 0 unspecified atom stereocenters. The highest BCUT2D eigenvalue weighted by Crippen LogP contribution is 2.25. The highest BCUT2D eigenvalue weighted by molar-refractivity contribution is 6.31. The average Bonchev–Trinajstić information content (AvgIpc) is 2.58. The lowest BCUT2D eigenvalue weighted by Gasteiger charge is -2.20. The molecule has 0 saturated carbocycles. The maximum atomic E-state index is 13.2. The number of aromatic nitrogens is 3. The van der Waals surface area contributed by atoms with Crippen LogP contribution < -0.4 is 5.56 Å². The summed E-state index contributed by atoms with van der Waals surface area (Å²) in [6.07, 6.45) is 4.47. The lowest BCUT2D eigenvalue weighted by molar-refractivity contribution is 0.495. The number of nitrogens with zero attached hydrogens (tertiary/aromatic N) is 3. The third kappa shape index (κ3) is 3.04. The molecule has 1 atom stereocenters. The Morgan fingerprint density at radius 1 is 1.36 bits per heavy atom. The molecule has 0 bridgehead atoms. The molecule has 0 spiro atoms. The van der Waals surface area contributed by atoms with Crippen molar-refractivity contribution in [1.29, 1.82) is 0 Å². The minimum absolute atomic E-state index is 0.154. The van der Waals surface area contributed by atoms with Crippen molar-refractivity contribution in [3.8, 4) is 0 Å². The van der Waals surface area contributed by atoms with E-state index in [1.54, 1.807) is 6.07 Å². The minimum atomic E-state index is -0.400. The Labute approximate surface area is 149 Å². The van der Waals surface area contributed by atoms with Gasteiger partial charge in [0, 0.05) is 10.7 Å². The van der Waals surface area contributed by atoms with Gasteiger partial charge in [0.2, 0.25) is 0 Å². The van der Waals surface area contributed by atoms with Gasteiger partial charge in [-0.1, -0.05) is 24.6 Å². The molecule has 3 aromatic rings. The molecule has 1 aliphatic rings. The van der Waals surface area contributed by atoms with E-state index in [4.69, 9.17) is 11.6 Å². The zero-order valence-corrected chi connectivity index (χ0v) is 14.6. The van der Waals surface area contributed by atoms with Crippen molar-refractivity contribution < 1.29 is 4.39 Å². The van der Waals surface area contributed by atoms with Gasteiger partial charge in [-0.2, -0.15) is 0 Å². The molecule has 0 aliphatic heterocycles. The Bertz CT molecular complexity index is 1030. The SMILES string of the molecule is C[C@@H]1CCc2nc3ncn(Cc4ccc(F)cc4Cl)c(=O)c3cc2C1. The van der Waals surface area contributed by atoms with Gasteiger partial charge < -0.3 is 0 Å². The molecule has 1 aromatic carbocycles. The molecule has 6 heteroatoms. The number of fused-ring (bicyclic) bond motifs is 2. The summed E-state index contributed by atoms with van der Waals surface area (Å²) in [7, 11) is 0. The quantitative estimate of drug-likeness (QED) is 0.701. The van der Waals surface area contributed by atoms with E-state index in [0.717, 1.165) is 30.5 Å². The molecule has 0 radical (unpaired) electrons. The smallest absolute Gasteiger partial charge is 0.263 e. The summed E-state index contributed by atoms with van der Waals surface area (Å²) in [5.74, 6) is 0.200. The molecule has 0 amide bonds. The molecule has 128 valence electrons. The molecular formula is C19H17ClFN3O. The van der Waals surface area contributed by atoms with Gasteiger partial charge in [-0.25, -0.2) is 14.4 Å². The topological polar surface area (TPSA) is 47.8 Å². The average molecular weight is 358 g/mol. The van der Waals surface area contributed by atoms with E-state index in [2.05, 4.69) is 16.9 Å². The third-order valence-corrected chi connectivity index (χ3v) is 5.13. The molecule has 0 N–H and O–H groups in total. The molecule has 1 aliphatic carbocycles. The van der Waals surface area contributed by atoms with E-state index in [1.807, 2.05) is 6.07 Å². The van der Waals surface area contributed by atoms with Crippen LogP contribution in [0.25, 0.3) is 11.0 Å². The van der Waals surface area contributed by atoms with Crippen LogP contribution in [0.2, 0.25) is 5.02 Å². The number of pyridine rings is 1. The Kier molecular flexibility index (Phi) is 4.04. The van der Waals surface area contributed by atoms with Gasteiger partial charge in [-0.05, 0) is 54.5 Å². The predicted octanol–water partition coefficient (Wildman–Crippen LogP) is 3.76. The lowest BCUT2D eigenvalue weighted by atomic mass is 9.87. The first kappa shape index (κ1) is 16.2. The second-order valence-corrected chi connectivity index (χ2v) is 7.13. The highest BCUT2D eigenvalue weighted by Gasteiger charge is 2.19. The van der Waals surface area contributed by atoms with Gasteiger partial charge in [-0.15, -0.1) is 0 Å². The Morgan fingerprint density at radius 2 is 2.20 bits per heavy atom. The van der Waals surface area contributed by atoms with Crippen molar-refractivity contribution in [1.82, 2.24) is 14.5 Å². The molecule has 0 fully saturated rings. The summed E-state index contributed by atoms with van der Waals surface area (Å²) in [6, 6.07) is 6.10. The van der Waals surface area contributed by atoms with Crippen LogP contribution in [0.4, 0.5) is 4.39 Å². The summed E-state index contributed by atoms with van der Waals surface area (Å²) in [5.41, 5.74) is 3.20. The fourth-order valence-electron chi connectivity index (χ4n) is 3.37. The van der Waals surface area contributed by atoms with Crippen molar-refractivity contribution in [3.05, 3.63) is 68.6 Å². The van der Waals surface area contributed by atoms with Gasteiger partial charge in [0.25, 0.3) is 5.56 Å². The Hall–Kier alpha value is -2.27. The Balaban J connectivity index is 1.78. The van der Waals surface area contributed by atoms with Crippen molar-refractivity contribution in [2.45, 2.75) is 32.7 Å². The zero-order chi connectivity index (χ0) is 17.6. The summed E-state index contributed by atoms with van der Waals surface area (Å²) < 4.78 is 14.7. The van der Waals surface area contributed by atoms with Crippen LogP contribution in [-0.4, -0.2) is 14.5 Å². The van der Waals surface area contributed by atoms with E-state index in [9.17, 15) is 9.18 Å². The summed E-state index contributed by atoms with van der Waals surface area (Å²) in [5, 5.41) is 0.818. The van der Waals surface area contributed by atoms with Crippen molar-refractivity contribution in [3.63, 3.8) is 0 Å². The largest absolute Gasteiger partial charge is 0.294 e. The van der Waals surface area contributed by atoms with Crippen LogP contribution in [0, 0.1) is 11.7 Å². The number of rotatable bonds is 2. The van der Waals surface area contributed by atoms with Crippen LogP contribution >= 0.6 is 11.6 Å². The molecule has 25 heavy (non-hydrogen) atoms. The zero-order valence-electron chi connectivity index (χ0n) is 13.8. The lowest BCUT2D eigenvalue weighted by Crippen LogP contribution is -2.23. The standard InChI is InChI=1S/C19H17ClFN3O/c1-11-2-5-17-13(6-11)7-15-18(23-17)22-10-24(19(15)25)9-12-3-4-14(21)8-16(12)20/h3-4,7-8,10-11H,2,5-6,9H2,1H3/t11-/m1/s1. The second-order valence-electron chi connectivity index (χ2n) is 6.73. The summed E-state index contributed by atoms with van der Waals surface area (Å²) >= 11 is 6.07. The first-order valence-corrected chi connectivity index (χ1v) is 8.71. The number of hydrogen-bond acceptors (Lipinski definition) is 3. The van der Waals surface area contributed by atoms with E-state index in [0.29, 0.717) is 27.5 Å². The van der Waals surface area contributed by atoms with Crippen LogP contribution in [-0.2, 0) is 19.4 Å². The number of benzene rings is 1. The molecular weight excluding hydrogens is 341 g/mol. The van der Waals surface area contributed by atoms with Crippen LogP contribution in [0.3, 0.4) is 0 Å². The van der Waals surface area contributed by atoms with E-state index < -0.39 is 5.82 Å². The molecule has 2 heterocycles. The first-order chi connectivity index (χ1) is 12.0. The summed E-state index contributed by atoms with van der Waals surface area (Å²) in [6.45, 7) is 2.46. The van der Waals surface area contributed by atoms with E-state index >= 15 is 0 Å². The number of hydrogen-bond donors (Lipinski definition) is 0. The van der Waals surface area contributed by atoms with Crippen LogP contribution in [0.15, 0.2) is 35.4 Å². The maximum Gasteiger partial charge on any atom is 0.263 e. The second kappa shape index (κ2) is 6.23. The molecule has 2 aromatic heterocycles. The van der Waals surface area contributed by atoms with Gasteiger partial charge >= 0.3 is 0 Å². The third-order valence-electron chi connectivity index (χ3n) is 4.78. The highest BCUT2D eigenvalue weighted by atomic mass is 35.5. The van der Waals surface area contributed by atoms with Gasteiger partial charge in [0.15, 0.2) is 5.65 Å². The van der Waals surface area contributed by atoms with Crippen molar-refractivity contribution in [2.75, 3.05) is 0 Å². The van der Waals surface area contributed by atoms with E-state index in [-0.39, 0.29) is 12.1 Å². The van der Waals surface area contributed by atoms with Crippen LogP contribution in [0.5, 0.6) is 0 Å².